The summed E-state index contributed by atoms with van der Waals surface area (Å²) in [6.45, 7) is 8.22. The zero-order valence-corrected chi connectivity index (χ0v) is 19.5. The van der Waals surface area contributed by atoms with E-state index in [2.05, 4.69) is 60.5 Å². The topological polar surface area (TPSA) is 61.8 Å². The molecule has 0 unspecified atom stereocenters. The number of hydrogen-bond donors (Lipinski definition) is 2. The van der Waals surface area contributed by atoms with Crippen LogP contribution in [-0.2, 0) is 16.1 Å². The number of rotatable bonds is 5. The zero-order chi connectivity index (χ0) is 22.3. The zero-order valence-electron chi connectivity index (χ0n) is 19.5. The van der Waals surface area contributed by atoms with Gasteiger partial charge in [0, 0.05) is 36.9 Å². The number of ether oxygens (including phenoxy) is 1. The average Bonchev–Trinajstić information content (AvgIpc) is 3.11. The first-order chi connectivity index (χ1) is 15.5. The van der Waals surface area contributed by atoms with Crippen molar-refractivity contribution in [2.45, 2.75) is 70.7 Å². The maximum Gasteiger partial charge on any atom is 0.311 e. The fraction of sp³-hybridized carbons (Fsp3) is 0.667. The number of hydrogen-bond acceptors (Lipinski definition) is 5. The van der Waals surface area contributed by atoms with Crippen molar-refractivity contribution in [2.75, 3.05) is 19.6 Å². The Kier molecular flexibility index (Phi) is 6.17. The van der Waals surface area contributed by atoms with Crippen molar-refractivity contribution in [1.82, 2.24) is 10.2 Å². The minimum Gasteiger partial charge on any atom is -0.461 e. The number of fused-ring (bicyclic) bond motifs is 2. The molecule has 2 aliphatic carbocycles. The molecule has 3 fully saturated rings. The van der Waals surface area contributed by atoms with E-state index in [0.29, 0.717) is 18.5 Å². The van der Waals surface area contributed by atoms with Crippen molar-refractivity contribution in [1.29, 1.82) is 0 Å². The number of esters is 1. The van der Waals surface area contributed by atoms with Gasteiger partial charge in [0.1, 0.15) is 6.10 Å². The van der Waals surface area contributed by atoms with E-state index < -0.39 is 6.10 Å². The van der Waals surface area contributed by atoms with Crippen LogP contribution in [0.15, 0.2) is 42.0 Å². The monoisotopic (exact) mass is 438 g/mol. The van der Waals surface area contributed by atoms with Gasteiger partial charge in [-0.05, 0) is 50.3 Å². The van der Waals surface area contributed by atoms with Crippen LogP contribution in [0.25, 0.3) is 0 Å². The summed E-state index contributed by atoms with van der Waals surface area (Å²) in [5, 5.41) is 15.2. The Morgan fingerprint density at radius 1 is 1.19 bits per heavy atom. The second kappa shape index (κ2) is 8.92. The Morgan fingerprint density at radius 2 is 1.94 bits per heavy atom. The first-order valence-corrected chi connectivity index (χ1v) is 12.5. The molecular weight excluding hydrogens is 400 g/mol. The summed E-state index contributed by atoms with van der Waals surface area (Å²) < 4.78 is 5.81. The first kappa shape index (κ1) is 22.1. The van der Waals surface area contributed by atoms with Crippen LogP contribution in [0.1, 0.15) is 51.5 Å². The van der Waals surface area contributed by atoms with Crippen LogP contribution >= 0.6 is 0 Å². The van der Waals surface area contributed by atoms with Crippen molar-refractivity contribution in [3.63, 3.8) is 0 Å². The van der Waals surface area contributed by atoms with Crippen molar-refractivity contribution < 1.29 is 14.6 Å². The summed E-state index contributed by atoms with van der Waals surface area (Å²) in [6, 6.07) is 11.1. The van der Waals surface area contributed by atoms with Gasteiger partial charge in [-0.2, -0.15) is 0 Å². The number of likely N-dealkylation sites (tertiary alicyclic amines) is 1. The Balaban J connectivity index is 1.18. The maximum absolute atomic E-state index is 12.8. The third kappa shape index (κ3) is 3.93. The summed E-state index contributed by atoms with van der Waals surface area (Å²) in [5.74, 6) is -0.0408. The molecule has 174 valence electrons. The largest absolute Gasteiger partial charge is 0.461 e. The van der Waals surface area contributed by atoms with Crippen molar-refractivity contribution in [3.05, 3.63) is 47.5 Å². The summed E-state index contributed by atoms with van der Waals surface area (Å²) in [7, 11) is 0. The predicted molar refractivity (Wildman–Crippen MR) is 125 cm³/mol. The fourth-order valence-corrected chi connectivity index (χ4v) is 6.73. The molecular formula is C27H38N2O3. The summed E-state index contributed by atoms with van der Waals surface area (Å²) in [4.78, 5) is 15.3. The average molecular weight is 439 g/mol. The molecule has 4 aliphatic rings. The lowest BCUT2D eigenvalue weighted by Crippen LogP contribution is -2.55. The number of aliphatic hydroxyl groups is 1. The molecule has 2 aliphatic heterocycles. The van der Waals surface area contributed by atoms with E-state index in [0.717, 1.165) is 51.7 Å². The lowest BCUT2D eigenvalue weighted by atomic mass is 9.55. The fourth-order valence-electron chi connectivity index (χ4n) is 6.73. The predicted octanol–water partition coefficient (Wildman–Crippen LogP) is 3.53. The van der Waals surface area contributed by atoms with Gasteiger partial charge in [0.05, 0.1) is 12.0 Å². The molecule has 2 saturated heterocycles. The number of piperidine rings is 1. The SMILES string of the molecule is C[C@@H]1CCC=C2C[C@H]3OC(=O)[C@H](CNC4CCN(Cc5ccccc5)CC4)[C@@H]3[C@H](O)[C@@]21C. The van der Waals surface area contributed by atoms with Crippen molar-refractivity contribution in [3.8, 4) is 0 Å². The third-order valence-electron chi connectivity index (χ3n) is 9.03. The molecule has 5 rings (SSSR count). The molecule has 5 heteroatoms. The van der Waals surface area contributed by atoms with Crippen LogP contribution in [0.4, 0.5) is 0 Å². The molecule has 32 heavy (non-hydrogen) atoms. The Bertz CT molecular complexity index is 848. The lowest BCUT2D eigenvalue weighted by molar-refractivity contribution is -0.144. The van der Waals surface area contributed by atoms with E-state index in [-0.39, 0.29) is 29.3 Å². The van der Waals surface area contributed by atoms with Crippen molar-refractivity contribution in [2.24, 2.45) is 23.2 Å². The molecule has 0 radical (unpaired) electrons. The van der Waals surface area contributed by atoms with Gasteiger partial charge in [-0.3, -0.25) is 9.69 Å². The Labute approximate surface area is 192 Å². The van der Waals surface area contributed by atoms with Gasteiger partial charge in [-0.1, -0.05) is 55.8 Å². The van der Waals surface area contributed by atoms with E-state index in [9.17, 15) is 9.90 Å². The standard InChI is InChI=1S/C27H38N2O3/c1-18-7-6-10-20-15-23-24(25(30)27(18,20)2)22(26(31)32-23)16-28-21-11-13-29(14-12-21)17-19-8-4-3-5-9-19/h3-5,8-10,18,21-25,28,30H,6-7,11-17H2,1-2H3/t18-,22-,23-,24+,25+,27-/m1/s1. The van der Waals surface area contributed by atoms with E-state index >= 15 is 0 Å². The lowest BCUT2D eigenvalue weighted by Gasteiger charge is -2.51. The van der Waals surface area contributed by atoms with Crippen LogP contribution in [0.2, 0.25) is 0 Å². The molecule has 1 saturated carbocycles. The second-order valence-corrected chi connectivity index (χ2v) is 10.7. The molecule has 0 amide bonds. The van der Waals surface area contributed by atoms with Crippen LogP contribution in [0.5, 0.6) is 0 Å². The number of carbonyl (C=O) groups is 1. The van der Waals surface area contributed by atoms with Crippen LogP contribution in [0.3, 0.4) is 0 Å². The van der Waals surface area contributed by atoms with Gasteiger partial charge in [-0.25, -0.2) is 0 Å². The third-order valence-corrected chi connectivity index (χ3v) is 9.03. The molecule has 5 nitrogen and oxygen atoms in total. The van der Waals surface area contributed by atoms with E-state index in [1.54, 1.807) is 0 Å². The number of aliphatic hydroxyl groups excluding tert-OH is 1. The quantitative estimate of drug-likeness (QED) is 0.544. The molecule has 6 atom stereocenters. The highest BCUT2D eigenvalue weighted by Gasteiger charge is 2.59. The number of nitrogens with zero attached hydrogens (tertiary/aromatic N) is 1. The van der Waals surface area contributed by atoms with Crippen LogP contribution < -0.4 is 5.32 Å². The molecule has 0 aromatic heterocycles. The molecule has 0 bridgehead atoms. The molecule has 1 aromatic rings. The van der Waals surface area contributed by atoms with Gasteiger partial charge in [-0.15, -0.1) is 0 Å². The second-order valence-electron chi connectivity index (χ2n) is 10.7. The van der Waals surface area contributed by atoms with E-state index in [1.165, 1.54) is 11.1 Å². The first-order valence-electron chi connectivity index (χ1n) is 12.5. The molecule has 2 N–H and O–H groups in total. The number of allylic oxidation sites excluding steroid dienone is 1. The normalized spacial score (nSPS) is 38.0. The van der Waals surface area contributed by atoms with Gasteiger partial charge in [0.25, 0.3) is 0 Å². The summed E-state index contributed by atoms with van der Waals surface area (Å²) >= 11 is 0. The highest BCUT2D eigenvalue weighted by atomic mass is 16.6. The van der Waals surface area contributed by atoms with Gasteiger partial charge >= 0.3 is 5.97 Å². The highest BCUT2D eigenvalue weighted by molar-refractivity contribution is 5.76. The molecule has 0 spiro atoms. The molecule has 1 aromatic carbocycles. The minimum atomic E-state index is -0.520. The Morgan fingerprint density at radius 3 is 2.69 bits per heavy atom. The molecule has 2 heterocycles. The minimum absolute atomic E-state index is 0.101. The van der Waals surface area contributed by atoms with Gasteiger partial charge in [0.15, 0.2) is 0 Å². The summed E-state index contributed by atoms with van der Waals surface area (Å²) in [6.07, 6.45) is 6.76. The number of nitrogens with one attached hydrogen (secondary N) is 1. The van der Waals surface area contributed by atoms with Gasteiger partial charge in [0.2, 0.25) is 0 Å². The van der Waals surface area contributed by atoms with Crippen molar-refractivity contribution >= 4 is 5.97 Å². The summed E-state index contributed by atoms with van der Waals surface area (Å²) in [5.41, 5.74) is 2.44. The van der Waals surface area contributed by atoms with Crippen LogP contribution in [-0.4, -0.2) is 53.9 Å². The smallest absolute Gasteiger partial charge is 0.311 e. The van der Waals surface area contributed by atoms with E-state index in [1.807, 2.05) is 0 Å². The Hall–Kier alpha value is -1.69. The number of benzene rings is 1. The van der Waals surface area contributed by atoms with Crippen LogP contribution in [0, 0.1) is 23.2 Å². The van der Waals surface area contributed by atoms with E-state index in [4.69, 9.17) is 4.74 Å². The maximum atomic E-state index is 12.8. The van der Waals surface area contributed by atoms with Gasteiger partial charge < -0.3 is 15.2 Å². The highest BCUT2D eigenvalue weighted by Crippen LogP contribution is 2.55. The number of carbonyl (C=O) groups excluding carboxylic acids is 1.